The highest BCUT2D eigenvalue weighted by atomic mass is 32.2. The fourth-order valence-electron chi connectivity index (χ4n) is 4.22. The molecule has 0 unspecified atom stereocenters. The Labute approximate surface area is 202 Å². The zero-order chi connectivity index (χ0) is 23.5. The number of para-hydroxylation sites is 2. The number of thioether (sulfide) groups is 1. The normalized spacial score (nSPS) is 14.2. The van der Waals surface area contributed by atoms with Crippen molar-refractivity contribution < 1.29 is 9.21 Å². The van der Waals surface area contributed by atoms with Gasteiger partial charge in [-0.2, -0.15) is 0 Å². The Morgan fingerprint density at radius 2 is 1.88 bits per heavy atom. The van der Waals surface area contributed by atoms with Gasteiger partial charge in [0, 0.05) is 44.7 Å². The highest BCUT2D eigenvalue weighted by Crippen LogP contribution is 2.24. The zero-order valence-corrected chi connectivity index (χ0v) is 20.3. The first kappa shape index (κ1) is 22.5. The summed E-state index contributed by atoms with van der Waals surface area (Å²) in [6.45, 7) is 7.37. The number of hydrogen-bond donors (Lipinski definition) is 1. The number of imidazole rings is 1. The van der Waals surface area contributed by atoms with Crippen molar-refractivity contribution in [3.63, 3.8) is 0 Å². The Hall–Kier alpha value is -3.33. The maximum Gasteiger partial charge on any atom is 0.277 e. The lowest BCUT2D eigenvalue weighted by atomic mass is 10.1. The molecule has 0 atom stereocenters. The summed E-state index contributed by atoms with van der Waals surface area (Å²) in [4.78, 5) is 24.9. The van der Waals surface area contributed by atoms with Gasteiger partial charge >= 0.3 is 0 Å². The van der Waals surface area contributed by atoms with Crippen LogP contribution in [0.4, 0.5) is 5.69 Å². The number of aromatic nitrogens is 4. The number of aromatic amines is 1. The molecular weight excluding hydrogens is 448 g/mol. The molecule has 1 N–H and O–H groups in total. The number of aryl methyl sites for hydroxylation is 4. The molecule has 34 heavy (non-hydrogen) atoms. The van der Waals surface area contributed by atoms with E-state index in [1.165, 1.54) is 28.6 Å². The number of carbonyl (C=O) groups is 1. The van der Waals surface area contributed by atoms with Gasteiger partial charge in [0.15, 0.2) is 0 Å². The van der Waals surface area contributed by atoms with Crippen molar-refractivity contribution >= 4 is 34.4 Å². The maximum absolute atomic E-state index is 12.7. The van der Waals surface area contributed by atoms with Crippen LogP contribution in [0.25, 0.3) is 11.0 Å². The zero-order valence-electron chi connectivity index (χ0n) is 19.5. The third-order valence-electron chi connectivity index (χ3n) is 6.12. The van der Waals surface area contributed by atoms with Gasteiger partial charge in [-0.15, -0.1) is 10.2 Å². The molecular formula is C25H28N6O2S. The second kappa shape index (κ2) is 9.89. The largest absolute Gasteiger partial charge is 0.416 e. The van der Waals surface area contributed by atoms with Crippen molar-refractivity contribution in [1.82, 2.24) is 25.1 Å². The number of rotatable bonds is 7. The smallest absolute Gasteiger partial charge is 0.277 e. The summed E-state index contributed by atoms with van der Waals surface area (Å²) in [5.41, 5.74) is 5.77. The molecule has 2 aromatic carbocycles. The van der Waals surface area contributed by atoms with Crippen LogP contribution in [0.1, 0.15) is 22.8 Å². The molecule has 1 aliphatic rings. The van der Waals surface area contributed by atoms with Crippen molar-refractivity contribution in [2.24, 2.45) is 0 Å². The molecule has 1 fully saturated rings. The number of benzene rings is 2. The molecule has 0 bridgehead atoms. The molecule has 0 aliphatic carbocycles. The van der Waals surface area contributed by atoms with Crippen molar-refractivity contribution in [3.8, 4) is 0 Å². The van der Waals surface area contributed by atoms with E-state index in [0.717, 1.165) is 43.0 Å². The number of piperazine rings is 1. The molecule has 1 amide bonds. The lowest BCUT2D eigenvalue weighted by Gasteiger charge is -2.37. The highest BCUT2D eigenvalue weighted by Gasteiger charge is 2.23. The SMILES string of the molecule is Cc1ccc(C)c(N2CCN(C(=O)CSc3nnc(CCc4nc5ccccc5[nH]4)o3)CC2)c1. The van der Waals surface area contributed by atoms with Crippen molar-refractivity contribution in [2.75, 3.05) is 36.8 Å². The Morgan fingerprint density at radius 1 is 1.06 bits per heavy atom. The quantitative estimate of drug-likeness (QED) is 0.406. The number of nitrogens with one attached hydrogen (secondary N) is 1. The summed E-state index contributed by atoms with van der Waals surface area (Å²) in [6, 6.07) is 14.5. The molecule has 4 aromatic rings. The number of hydrogen-bond acceptors (Lipinski definition) is 7. The molecule has 3 heterocycles. The van der Waals surface area contributed by atoms with Gasteiger partial charge in [-0.3, -0.25) is 4.79 Å². The third-order valence-corrected chi connectivity index (χ3v) is 6.92. The van der Waals surface area contributed by atoms with Crippen LogP contribution < -0.4 is 4.90 Å². The van der Waals surface area contributed by atoms with Crippen LogP contribution in [-0.2, 0) is 17.6 Å². The van der Waals surface area contributed by atoms with Gasteiger partial charge in [0.1, 0.15) is 5.82 Å². The van der Waals surface area contributed by atoms with Crippen LogP contribution >= 0.6 is 11.8 Å². The van der Waals surface area contributed by atoms with E-state index in [2.05, 4.69) is 57.1 Å². The summed E-state index contributed by atoms with van der Waals surface area (Å²) in [5, 5.41) is 8.65. The monoisotopic (exact) mass is 476 g/mol. The highest BCUT2D eigenvalue weighted by molar-refractivity contribution is 7.99. The standard InChI is InChI=1S/C25H28N6O2S/c1-17-7-8-18(2)21(15-17)30-11-13-31(14-12-30)24(32)16-34-25-29-28-23(33-25)10-9-22-26-19-5-3-4-6-20(19)27-22/h3-8,15H,9-14,16H2,1-2H3,(H,26,27). The van der Waals surface area contributed by atoms with E-state index in [9.17, 15) is 4.79 Å². The van der Waals surface area contributed by atoms with E-state index in [1.54, 1.807) is 0 Å². The topological polar surface area (TPSA) is 91.1 Å². The molecule has 5 rings (SSSR count). The van der Waals surface area contributed by atoms with E-state index in [-0.39, 0.29) is 5.91 Å². The lowest BCUT2D eigenvalue weighted by Crippen LogP contribution is -2.49. The number of H-pyrrole nitrogens is 1. The van der Waals surface area contributed by atoms with Gasteiger partial charge in [-0.25, -0.2) is 4.98 Å². The first-order chi connectivity index (χ1) is 16.5. The second-order valence-electron chi connectivity index (χ2n) is 8.61. The average molecular weight is 477 g/mol. The Balaban J connectivity index is 1.08. The number of anilines is 1. The van der Waals surface area contributed by atoms with Gasteiger partial charge in [0.05, 0.1) is 16.8 Å². The summed E-state index contributed by atoms with van der Waals surface area (Å²) < 4.78 is 5.74. The summed E-state index contributed by atoms with van der Waals surface area (Å²) in [6.07, 6.45) is 1.28. The predicted molar refractivity (Wildman–Crippen MR) is 133 cm³/mol. The minimum atomic E-state index is 0.104. The van der Waals surface area contributed by atoms with Crippen molar-refractivity contribution in [1.29, 1.82) is 0 Å². The Morgan fingerprint density at radius 3 is 2.71 bits per heavy atom. The summed E-state index contributed by atoms with van der Waals surface area (Å²) >= 11 is 1.30. The average Bonchev–Trinajstić information content (AvgIpc) is 3.49. The minimum Gasteiger partial charge on any atom is -0.416 e. The van der Waals surface area contributed by atoms with Crippen LogP contribution in [0, 0.1) is 13.8 Å². The molecule has 8 nitrogen and oxygen atoms in total. The van der Waals surface area contributed by atoms with Crippen LogP contribution in [0.5, 0.6) is 0 Å². The van der Waals surface area contributed by atoms with Crippen molar-refractivity contribution in [3.05, 3.63) is 65.3 Å². The van der Waals surface area contributed by atoms with E-state index in [1.807, 2.05) is 29.2 Å². The fourth-order valence-corrected chi connectivity index (χ4v) is 4.90. The van der Waals surface area contributed by atoms with Crippen LogP contribution in [0.15, 0.2) is 52.1 Å². The molecule has 1 saturated heterocycles. The van der Waals surface area contributed by atoms with Gasteiger partial charge in [-0.05, 0) is 43.2 Å². The summed E-state index contributed by atoms with van der Waals surface area (Å²) in [5.74, 6) is 1.85. The molecule has 0 saturated carbocycles. The third kappa shape index (κ3) is 5.09. The summed E-state index contributed by atoms with van der Waals surface area (Å²) in [7, 11) is 0. The minimum absolute atomic E-state index is 0.104. The second-order valence-corrected chi connectivity index (χ2v) is 9.54. The van der Waals surface area contributed by atoms with Crippen LogP contribution in [0.2, 0.25) is 0 Å². The maximum atomic E-state index is 12.7. The van der Waals surface area contributed by atoms with Gasteiger partial charge in [0.2, 0.25) is 11.8 Å². The van der Waals surface area contributed by atoms with E-state index in [0.29, 0.717) is 29.7 Å². The number of fused-ring (bicyclic) bond motifs is 1. The fraction of sp³-hybridized carbons (Fsp3) is 0.360. The number of carbonyl (C=O) groups excluding carboxylic acids is 1. The molecule has 1 aliphatic heterocycles. The van der Waals surface area contributed by atoms with Gasteiger partial charge in [-0.1, -0.05) is 36.0 Å². The first-order valence-corrected chi connectivity index (χ1v) is 12.5. The van der Waals surface area contributed by atoms with Crippen molar-refractivity contribution in [2.45, 2.75) is 31.9 Å². The van der Waals surface area contributed by atoms with Crippen LogP contribution in [-0.4, -0.2) is 62.9 Å². The number of amides is 1. The van der Waals surface area contributed by atoms with E-state index >= 15 is 0 Å². The molecule has 176 valence electrons. The van der Waals surface area contributed by atoms with Gasteiger partial charge in [0.25, 0.3) is 5.22 Å². The molecule has 9 heteroatoms. The van der Waals surface area contributed by atoms with Crippen LogP contribution in [0.3, 0.4) is 0 Å². The van der Waals surface area contributed by atoms with Gasteiger partial charge < -0.3 is 19.2 Å². The molecule has 0 spiro atoms. The Kier molecular flexibility index (Phi) is 6.53. The first-order valence-electron chi connectivity index (χ1n) is 11.5. The predicted octanol–water partition coefficient (Wildman–Crippen LogP) is 3.79. The van der Waals surface area contributed by atoms with E-state index in [4.69, 9.17) is 4.42 Å². The van der Waals surface area contributed by atoms with E-state index < -0.39 is 0 Å². The molecule has 2 aromatic heterocycles. The molecule has 0 radical (unpaired) electrons. The lowest BCUT2D eigenvalue weighted by molar-refractivity contribution is -0.128. The Bertz CT molecular complexity index is 1260. The number of nitrogens with zero attached hydrogens (tertiary/aromatic N) is 5.